The zero-order chi connectivity index (χ0) is 47.6. The summed E-state index contributed by atoms with van der Waals surface area (Å²) in [6, 6.07) is 43.5. The maximum absolute atomic E-state index is 6.21. The van der Waals surface area contributed by atoms with Gasteiger partial charge in [0.15, 0.2) is 0 Å². The summed E-state index contributed by atoms with van der Waals surface area (Å²) < 4.78 is 4.87. The zero-order valence-electron chi connectivity index (χ0n) is 41.7. The summed E-state index contributed by atoms with van der Waals surface area (Å²) in [6.07, 6.45) is 23.2. The van der Waals surface area contributed by atoms with Crippen LogP contribution in [0.1, 0.15) is 114 Å². The van der Waals surface area contributed by atoms with Gasteiger partial charge in [-0.1, -0.05) is 195 Å². The smallest absolute Gasteiger partial charge is 0.0847 e. The largest absolute Gasteiger partial charge is 0.313 e. The Morgan fingerprint density at radius 1 is 0.554 bits per heavy atom. The normalized spacial score (nSPS) is 13.8. The number of nitrogens with two attached hydrogens (primary N) is 1. The van der Waals surface area contributed by atoms with Crippen LogP contribution in [0, 0.1) is 0 Å². The Morgan fingerprint density at radius 2 is 1.06 bits per heavy atom. The van der Waals surface area contributed by atoms with Gasteiger partial charge in [0, 0.05) is 32.9 Å². The van der Waals surface area contributed by atoms with Crippen molar-refractivity contribution in [2.45, 2.75) is 114 Å². The number of nitrogens with zero attached hydrogens (tertiary/aromatic N) is 2. The third-order valence-corrected chi connectivity index (χ3v) is 10.8. The molecule has 7 aromatic rings. The minimum Gasteiger partial charge on any atom is -0.313 e. The maximum Gasteiger partial charge on any atom is 0.0847 e. The van der Waals surface area contributed by atoms with E-state index in [1.165, 1.54) is 71.7 Å². The third kappa shape index (κ3) is 13.8. The van der Waals surface area contributed by atoms with Crippen molar-refractivity contribution in [3.8, 4) is 5.69 Å². The minimum absolute atomic E-state index is 0.0769. The summed E-state index contributed by atoms with van der Waals surface area (Å²) >= 11 is 0. The van der Waals surface area contributed by atoms with E-state index in [2.05, 4.69) is 160 Å². The Labute approximate surface area is 392 Å². The summed E-state index contributed by atoms with van der Waals surface area (Å²) in [5, 5.41) is 11.9. The molecule has 2 heterocycles. The minimum atomic E-state index is -0.104. The summed E-state index contributed by atoms with van der Waals surface area (Å²) in [5.41, 5.74) is 17.7. The second kappa shape index (κ2) is 29.5. The molecule has 0 bridgehead atoms. The molecule has 2 aliphatic rings. The molecule has 2 aliphatic carbocycles. The van der Waals surface area contributed by atoms with E-state index in [0.717, 1.165) is 25.7 Å². The van der Waals surface area contributed by atoms with Gasteiger partial charge in [-0.25, -0.2) is 0 Å². The predicted molar refractivity (Wildman–Crippen MR) is 292 cm³/mol. The van der Waals surface area contributed by atoms with Crippen LogP contribution in [0.15, 0.2) is 187 Å². The summed E-state index contributed by atoms with van der Waals surface area (Å²) in [7, 11) is 1.94. The molecule has 5 aromatic carbocycles. The van der Waals surface area contributed by atoms with Crippen LogP contribution in [0.25, 0.3) is 55.0 Å². The molecule has 0 spiro atoms. The highest BCUT2D eigenvalue weighted by Crippen LogP contribution is 2.38. The van der Waals surface area contributed by atoms with E-state index in [4.69, 9.17) is 5.73 Å². The van der Waals surface area contributed by atoms with Gasteiger partial charge in [-0.15, -0.1) is 0 Å². The second-order valence-electron chi connectivity index (χ2n) is 14.6. The van der Waals surface area contributed by atoms with Gasteiger partial charge in [0.1, 0.15) is 0 Å². The highest BCUT2D eigenvalue weighted by Gasteiger charge is 2.18. The first kappa shape index (κ1) is 53.4. The molecule has 0 radical (unpaired) electrons. The highest BCUT2D eigenvalue weighted by molar-refractivity contribution is 6.12. The molecule has 9 rings (SSSR count). The molecule has 4 N–H and O–H groups in total. The van der Waals surface area contributed by atoms with Crippen molar-refractivity contribution in [1.82, 2.24) is 19.8 Å². The predicted octanol–water partition coefficient (Wildman–Crippen LogP) is 16.8. The molecular formula is C60H79N5. The molecule has 0 saturated carbocycles. The van der Waals surface area contributed by atoms with Crippen LogP contribution in [-0.2, 0) is 0 Å². The van der Waals surface area contributed by atoms with Gasteiger partial charge in [-0.2, -0.15) is 0 Å². The van der Waals surface area contributed by atoms with Gasteiger partial charge in [-0.05, 0) is 107 Å². The van der Waals surface area contributed by atoms with Crippen LogP contribution in [0.5, 0.6) is 0 Å². The molecule has 0 amide bonds. The van der Waals surface area contributed by atoms with Crippen molar-refractivity contribution < 1.29 is 0 Å². The first-order valence-electron chi connectivity index (χ1n) is 24.2. The third-order valence-electron chi connectivity index (χ3n) is 10.8. The van der Waals surface area contributed by atoms with Crippen LogP contribution < -0.4 is 16.4 Å². The Hall–Kier alpha value is -5.98. The number of aromatic nitrogens is 2. The number of hydrogen-bond donors (Lipinski definition) is 3. The lowest BCUT2D eigenvalue weighted by Gasteiger charge is -2.25. The Morgan fingerprint density at radius 3 is 1.55 bits per heavy atom. The van der Waals surface area contributed by atoms with Crippen LogP contribution >= 0.6 is 0 Å². The molecule has 2 unspecified atom stereocenters. The number of rotatable bonds is 8. The average Bonchev–Trinajstić information content (AvgIpc) is 3.91. The summed E-state index contributed by atoms with van der Waals surface area (Å²) in [5.74, 6) is 0. The van der Waals surface area contributed by atoms with Crippen LogP contribution in [-0.4, -0.2) is 22.3 Å². The van der Waals surface area contributed by atoms with E-state index < -0.39 is 0 Å². The van der Waals surface area contributed by atoms with Gasteiger partial charge in [0.05, 0.1) is 34.4 Å². The molecule has 344 valence electrons. The van der Waals surface area contributed by atoms with Crippen molar-refractivity contribution >= 4 is 49.3 Å². The number of allylic oxidation sites excluding steroid dienone is 11. The molecule has 65 heavy (non-hydrogen) atoms. The molecule has 2 atom stereocenters. The van der Waals surface area contributed by atoms with E-state index in [1.807, 2.05) is 119 Å². The first-order valence-corrected chi connectivity index (χ1v) is 24.2. The van der Waals surface area contributed by atoms with Crippen molar-refractivity contribution in [3.63, 3.8) is 0 Å². The van der Waals surface area contributed by atoms with Gasteiger partial charge in [-0.3, -0.25) is 5.32 Å². The summed E-state index contributed by atoms with van der Waals surface area (Å²) in [6.45, 7) is 22.2. The zero-order valence-corrected chi connectivity index (χ0v) is 41.7. The number of fused-ring (bicyclic) bond motifs is 6. The number of benzene rings is 5. The topological polar surface area (TPSA) is 59.9 Å². The quantitative estimate of drug-likeness (QED) is 0.105. The van der Waals surface area contributed by atoms with E-state index in [1.54, 1.807) is 0 Å². The fourth-order valence-corrected chi connectivity index (χ4v) is 7.91. The van der Waals surface area contributed by atoms with E-state index >= 15 is 0 Å². The molecule has 0 saturated heterocycles. The molecule has 0 fully saturated rings. The average molecular weight is 870 g/mol. The highest BCUT2D eigenvalue weighted by atomic mass is 15.2. The van der Waals surface area contributed by atoms with Gasteiger partial charge < -0.3 is 20.2 Å². The maximum atomic E-state index is 6.21. The molecular weight excluding hydrogens is 791 g/mol. The monoisotopic (exact) mass is 870 g/mol. The standard InChI is InChI=1S/C31H24N2.C15H21N3.C6H10.4C2H6/c1-21-14-16-22(17-15-21)32-30-13-7-4-10-26(30)27-20-23(18-19-31(27)32)33-28-11-5-2-8-24(28)25-9-3-6-12-29(25)33;1-17-15(13-10-6-3-7-11-13)18-14(16)12-8-4-2-5-9-12;1-3-5-6-4-2;4*1-2/h2-14,16,18-20H,15,17H2,1H3;2-4,6-8,10-11,14-15,17-18H,5,9,16H2,1H3;3-6H,1-2H3;4*1-2H3/b;;5-3-,6-4-;;;;. The van der Waals surface area contributed by atoms with Crippen molar-refractivity contribution in [2.75, 3.05) is 7.05 Å². The Balaban J connectivity index is 0.000000297. The van der Waals surface area contributed by atoms with Gasteiger partial charge in [0.25, 0.3) is 0 Å². The first-order chi connectivity index (χ1) is 32.0. The fraction of sp³-hybridized carbons (Fsp3) is 0.300. The van der Waals surface area contributed by atoms with Gasteiger partial charge >= 0.3 is 0 Å². The second-order valence-corrected chi connectivity index (χ2v) is 14.6. The van der Waals surface area contributed by atoms with Crippen molar-refractivity contribution in [2.24, 2.45) is 5.73 Å². The Kier molecular flexibility index (Phi) is 24.2. The number of para-hydroxylation sites is 3. The van der Waals surface area contributed by atoms with Crippen molar-refractivity contribution in [1.29, 1.82) is 0 Å². The number of hydrogen-bond acceptors (Lipinski definition) is 3. The van der Waals surface area contributed by atoms with Crippen LogP contribution in [0.4, 0.5) is 0 Å². The van der Waals surface area contributed by atoms with Gasteiger partial charge in [0.2, 0.25) is 0 Å². The van der Waals surface area contributed by atoms with E-state index in [-0.39, 0.29) is 12.3 Å². The molecule has 2 aromatic heterocycles. The van der Waals surface area contributed by atoms with E-state index in [0.29, 0.717) is 0 Å². The lowest BCUT2D eigenvalue weighted by molar-refractivity contribution is 0.425. The lowest BCUT2D eigenvalue weighted by Crippen LogP contribution is -2.45. The summed E-state index contributed by atoms with van der Waals surface area (Å²) in [4.78, 5) is 0. The molecule has 5 heteroatoms. The SMILES string of the molecule is C/C=C\C=C/C.CC.CC.CC.CC.CC1=CC=C(n2c3ccccc3c3cc(-n4c5ccccc5c5ccccc54)ccc32)CC1.CNC(NC(N)C1=CC=CCC1)c1ccccc1. The lowest BCUT2D eigenvalue weighted by atomic mass is 10.0. The Bertz CT molecular complexity index is 2580. The van der Waals surface area contributed by atoms with Crippen LogP contribution in [0.3, 0.4) is 0 Å². The van der Waals surface area contributed by atoms with Crippen LogP contribution in [0.2, 0.25) is 0 Å². The fourth-order valence-electron chi connectivity index (χ4n) is 7.91. The molecule has 5 nitrogen and oxygen atoms in total. The van der Waals surface area contributed by atoms with E-state index in [9.17, 15) is 0 Å². The number of nitrogens with one attached hydrogen (secondary N) is 2. The van der Waals surface area contributed by atoms with Crippen molar-refractivity contribution in [3.05, 3.63) is 193 Å². The molecule has 0 aliphatic heterocycles.